The summed E-state index contributed by atoms with van der Waals surface area (Å²) in [5, 5.41) is 2.67. The topological polar surface area (TPSA) is 29.1 Å². The number of halogens is 3. The van der Waals surface area contributed by atoms with E-state index in [4.69, 9.17) is 0 Å². The van der Waals surface area contributed by atoms with E-state index in [0.717, 1.165) is 10.0 Å². The molecule has 0 saturated heterocycles. The lowest BCUT2D eigenvalue weighted by molar-refractivity contribution is 0.102. The monoisotopic (exact) mass is 385 g/mol. The Kier molecular flexibility index (Phi) is 4.37. The molecule has 0 heterocycles. The van der Waals surface area contributed by atoms with Crippen LogP contribution in [-0.2, 0) is 0 Å². The number of hydrogen-bond donors (Lipinski definition) is 1. The molecule has 0 aliphatic rings. The Morgan fingerprint density at radius 1 is 1.16 bits per heavy atom. The molecule has 19 heavy (non-hydrogen) atoms. The van der Waals surface area contributed by atoms with Crippen LogP contribution in [0.4, 0.5) is 10.1 Å². The predicted molar refractivity (Wildman–Crippen MR) is 80.9 cm³/mol. The summed E-state index contributed by atoms with van der Waals surface area (Å²) in [6.45, 7) is 1.92. The van der Waals surface area contributed by atoms with Crippen molar-refractivity contribution in [1.29, 1.82) is 0 Å². The van der Waals surface area contributed by atoms with Gasteiger partial charge in [0.25, 0.3) is 5.91 Å². The summed E-state index contributed by atoms with van der Waals surface area (Å²) in [5.41, 5.74) is 1.63. The van der Waals surface area contributed by atoms with Crippen molar-refractivity contribution in [3.63, 3.8) is 0 Å². The standard InChI is InChI=1S/C14H10Br2FNO/c1-8-6-10(3-4-12(8)16)18-14(19)11-7-9(15)2-5-13(11)17/h2-7H,1H3,(H,18,19). The molecule has 1 N–H and O–H groups in total. The summed E-state index contributed by atoms with van der Waals surface area (Å²) in [5.74, 6) is -1.02. The Morgan fingerprint density at radius 2 is 1.89 bits per heavy atom. The van der Waals surface area contributed by atoms with Crippen molar-refractivity contribution in [3.8, 4) is 0 Å². The van der Waals surface area contributed by atoms with Crippen LogP contribution in [-0.4, -0.2) is 5.91 Å². The number of hydrogen-bond acceptors (Lipinski definition) is 1. The van der Waals surface area contributed by atoms with Gasteiger partial charge in [-0.25, -0.2) is 4.39 Å². The second-order valence-corrected chi connectivity index (χ2v) is 5.81. The van der Waals surface area contributed by atoms with E-state index in [2.05, 4.69) is 37.2 Å². The first-order chi connectivity index (χ1) is 8.97. The number of amides is 1. The van der Waals surface area contributed by atoms with Crippen molar-refractivity contribution in [2.45, 2.75) is 6.92 Å². The molecule has 2 aromatic carbocycles. The van der Waals surface area contributed by atoms with Gasteiger partial charge < -0.3 is 5.32 Å². The number of carbonyl (C=O) groups excluding carboxylic acids is 1. The molecule has 0 unspecified atom stereocenters. The zero-order valence-corrected chi connectivity index (χ0v) is 13.2. The number of carbonyl (C=O) groups is 1. The summed E-state index contributed by atoms with van der Waals surface area (Å²) in [4.78, 5) is 12.0. The number of aryl methyl sites for hydroxylation is 1. The van der Waals surface area contributed by atoms with E-state index in [0.29, 0.717) is 10.2 Å². The molecule has 0 radical (unpaired) electrons. The van der Waals surface area contributed by atoms with Crippen molar-refractivity contribution >= 4 is 43.5 Å². The number of anilines is 1. The lowest BCUT2D eigenvalue weighted by atomic mass is 10.2. The van der Waals surface area contributed by atoms with Crippen LogP contribution in [0, 0.1) is 12.7 Å². The largest absolute Gasteiger partial charge is 0.322 e. The van der Waals surface area contributed by atoms with E-state index in [9.17, 15) is 9.18 Å². The van der Waals surface area contributed by atoms with E-state index in [1.54, 1.807) is 12.1 Å². The molecular formula is C14H10Br2FNO. The molecule has 0 fully saturated rings. The Bertz CT molecular complexity index is 643. The molecular weight excluding hydrogens is 377 g/mol. The Balaban J connectivity index is 2.25. The molecule has 0 aromatic heterocycles. The highest BCUT2D eigenvalue weighted by Gasteiger charge is 2.12. The fourth-order valence-electron chi connectivity index (χ4n) is 1.59. The predicted octanol–water partition coefficient (Wildman–Crippen LogP) is 4.91. The van der Waals surface area contributed by atoms with Gasteiger partial charge in [-0.2, -0.15) is 0 Å². The number of nitrogens with one attached hydrogen (secondary N) is 1. The van der Waals surface area contributed by atoms with Gasteiger partial charge >= 0.3 is 0 Å². The fourth-order valence-corrected chi connectivity index (χ4v) is 2.20. The van der Waals surface area contributed by atoms with Crippen LogP contribution in [0.3, 0.4) is 0 Å². The number of benzene rings is 2. The van der Waals surface area contributed by atoms with Gasteiger partial charge in [-0.1, -0.05) is 31.9 Å². The van der Waals surface area contributed by atoms with Crippen LogP contribution in [0.25, 0.3) is 0 Å². The van der Waals surface area contributed by atoms with Gasteiger partial charge in [0, 0.05) is 14.6 Å². The molecule has 0 spiro atoms. The molecule has 0 atom stereocenters. The van der Waals surface area contributed by atoms with Crippen molar-refractivity contribution in [2.24, 2.45) is 0 Å². The summed E-state index contributed by atoms with van der Waals surface area (Å²) in [6, 6.07) is 9.67. The second-order valence-electron chi connectivity index (χ2n) is 4.04. The highest BCUT2D eigenvalue weighted by Crippen LogP contribution is 2.21. The van der Waals surface area contributed by atoms with Crippen molar-refractivity contribution in [1.82, 2.24) is 0 Å². The maximum atomic E-state index is 13.6. The first-order valence-electron chi connectivity index (χ1n) is 5.50. The third kappa shape index (κ3) is 3.42. The van der Waals surface area contributed by atoms with Gasteiger partial charge in [0.15, 0.2) is 0 Å². The fraction of sp³-hybridized carbons (Fsp3) is 0.0714. The zero-order valence-electron chi connectivity index (χ0n) is 10.0. The lowest BCUT2D eigenvalue weighted by Gasteiger charge is -2.08. The molecule has 0 bridgehead atoms. The molecule has 2 aromatic rings. The first-order valence-corrected chi connectivity index (χ1v) is 7.08. The second kappa shape index (κ2) is 5.84. The van der Waals surface area contributed by atoms with E-state index in [1.165, 1.54) is 12.1 Å². The van der Waals surface area contributed by atoms with E-state index >= 15 is 0 Å². The molecule has 1 amide bonds. The minimum atomic E-state index is -0.547. The normalized spacial score (nSPS) is 10.3. The SMILES string of the molecule is Cc1cc(NC(=O)c2cc(Br)ccc2F)ccc1Br. The Morgan fingerprint density at radius 3 is 2.58 bits per heavy atom. The van der Waals surface area contributed by atoms with Gasteiger partial charge in [0.05, 0.1) is 5.56 Å². The Hall–Kier alpha value is -1.20. The van der Waals surface area contributed by atoms with Crippen molar-refractivity contribution in [2.75, 3.05) is 5.32 Å². The van der Waals surface area contributed by atoms with Gasteiger partial charge in [0.1, 0.15) is 5.82 Å². The molecule has 2 rings (SSSR count). The molecule has 0 aliphatic carbocycles. The molecule has 98 valence electrons. The first kappa shape index (κ1) is 14.2. The van der Waals surface area contributed by atoms with Crippen LogP contribution in [0.15, 0.2) is 45.3 Å². The third-order valence-electron chi connectivity index (χ3n) is 2.59. The quantitative estimate of drug-likeness (QED) is 0.780. The van der Waals surface area contributed by atoms with Gasteiger partial charge in [-0.3, -0.25) is 4.79 Å². The maximum Gasteiger partial charge on any atom is 0.258 e. The van der Waals surface area contributed by atoms with Crippen molar-refractivity contribution in [3.05, 3.63) is 62.3 Å². The van der Waals surface area contributed by atoms with Crippen LogP contribution < -0.4 is 5.32 Å². The Labute approximate surface area is 127 Å². The van der Waals surface area contributed by atoms with E-state index < -0.39 is 11.7 Å². The van der Waals surface area contributed by atoms with Crippen LogP contribution >= 0.6 is 31.9 Å². The van der Waals surface area contributed by atoms with Gasteiger partial charge in [-0.15, -0.1) is 0 Å². The van der Waals surface area contributed by atoms with Crippen LogP contribution in [0.5, 0.6) is 0 Å². The molecule has 0 saturated carbocycles. The van der Waals surface area contributed by atoms with Crippen LogP contribution in [0.2, 0.25) is 0 Å². The number of rotatable bonds is 2. The van der Waals surface area contributed by atoms with E-state index in [-0.39, 0.29) is 5.56 Å². The zero-order chi connectivity index (χ0) is 14.0. The average molecular weight is 387 g/mol. The molecule has 5 heteroatoms. The average Bonchev–Trinajstić information content (AvgIpc) is 2.36. The minimum absolute atomic E-state index is 0.00921. The molecule has 0 aliphatic heterocycles. The molecule has 2 nitrogen and oxygen atoms in total. The minimum Gasteiger partial charge on any atom is -0.322 e. The summed E-state index contributed by atoms with van der Waals surface area (Å²) in [6.07, 6.45) is 0. The van der Waals surface area contributed by atoms with E-state index in [1.807, 2.05) is 19.1 Å². The van der Waals surface area contributed by atoms with Gasteiger partial charge in [0.2, 0.25) is 0 Å². The van der Waals surface area contributed by atoms with Crippen molar-refractivity contribution < 1.29 is 9.18 Å². The highest BCUT2D eigenvalue weighted by molar-refractivity contribution is 9.10. The third-order valence-corrected chi connectivity index (χ3v) is 3.97. The lowest BCUT2D eigenvalue weighted by Crippen LogP contribution is -2.13. The highest BCUT2D eigenvalue weighted by atomic mass is 79.9. The van der Waals surface area contributed by atoms with Crippen LogP contribution in [0.1, 0.15) is 15.9 Å². The van der Waals surface area contributed by atoms with Gasteiger partial charge in [-0.05, 0) is 48.9 Å². The smallest absolute Gasteiger partial charge is 0.258 e. The summed E-state index contributed by atoms with van der Waals surface area (Å²) >= 11 is 6.60. The summed E-state index contributed by atoms with van der Waals surface area (Å²) in [7, 11) is 0. The summed E-state index contributed by atoms with van der Waals surface area (Å²) < 4.78 is 15.2. The maximum absolute atomic E-state index is 13.6.